The quantitative estimate of drug-likeness (QED) is 0.635. The average molecular weight is 234 g/mol. The Kier molecular flexibility index (Phi) is 3.70. The number of nitrogens with two attached hydrogens (primary N) is 1. The normalized spacial score (nSPS) is 10.6. The fraction of sp³-hybridized carbons (Fsp3) is 0.333. The lowest BCUT2D eigenvalue weighted by atomic mass is 10.1. The van der Waals surface area contributed by atoms with Crippen molar-refractivity contribution < 1.29 is 22.7 Å². The lowest BCUT2D eigenvalue weighted by molar-refractivity contribution is -0.139. The van der Waals surface area contributed by atoms with Gasteiger partial charge >= 0.3 is 5.97 Å². The third kappa shape index (κ3) is 2.62. The lowest BCUT2D eigenvalue weighted by Gasteiger charge is -2.08. The van der Waals surface area contributed by atoms with Gasteiger partial charge in [-0.25, -0.2) is 13.8 Å². The van der Waals surface area contributed by atoms with Gasteiger partial charge < -0.3 is 10.5 Å². The van der Waals surface area contributed by atoms with Crippen molar-refractivity contribution in [3.8, 4) is 0 Å². The molecule has 16 heavy (non-hydrogen) atoms. The van der Waals surface area contributed by atoms with E-state index in [0.717, 1.165) is 13.2 Å². The Morgan fingerprint density at radius 2 is 2.25 bits per heavy atom. The second kappa shape index (κ2) is 4.82. The Balaban J connectivity index is 3.14. The second-order valence-corrected chi connectivity index (χ2v) is 2.97. The maximum Gasteiger partial charge on any atom is 0.310 e. The van der Waals surface area contributed by atoms with E-state index in [-0.39, 0.29) is 11.3 Å². The summed E-state index contributed by atoms with van der Waals surface area (Å²) >= 11 is 0. The summed E-state index contributed by atoms with van der Waals surface area (Å²) in [5, 5.41) is 0. The summed E-state index contributed by atoms with van der Waals surface area (Å²) in [6.07, 6.45) is -3.40. The molecule has 1 rings (SSSR count). The van der Waals surface area contributed by atoms with Gasteiger partial charge in [0.1, 0.15) is 5.69 Å². The van der Waals surface area contributed by atoms with Gasteiger partial charge in [-0.15, -0.1) is 0 Å². The molecule has 2 N–H and O–H groups in total. The molecule has 88 valence electrons. The Hall–Kier alpha value is -1.79. The molecule has 0 saturated heterocycles. The molecule has 1 aromatic rings. The molecule has 0 saturated carbocycles. The van der Waals surface area contributed by atoms with E-state index < -0.39 is 30.5 Å². The number of carbonyl (C=O) groups is 1. The highest BCUT2D eigenvalue weighted by molar-refractivity contribution is 5.73. The molecule has 0 aliphatic rings. The monoisotopic (exact) mass is 234 g/mol. The molecule has 0 aliphatic heterocycles. The lowest BCUT2D eigenvalue weighted by Crippen LogP contribution is -2.10. The largest absolute Gasteiger partial charge is 0.469 e. The third-order valence-electron chi connectivity index (χ3n) is 1.88. The summed E-state index contributed by atoms with van der Waals surface area (Å²) in [7, 11) is 1.12. The Bertz CT molecular complexity index is 410. The van der Waals surface area contributed by atoms with E-state index in [9.17, 15) is 18.0 Å². The molecule has 0 bridgehead atoms. The van der Waals surface area contributed by atoms with Crippen LogP contribution in [0, 0.1) is 5.95 Å². The van der Waals surface area contributed by atoms with Gasteiger partial charge in [0.05, 0.1) is 19.2 Å². The molecule has 7 heteroatoms. The first-order chi connectivity index (χ1) is 7.45. The van der Waals surface area contributed by atoms with Gasteiger partial charge in [-0.2, -0.15) is 4.39 Å². The number of halogens is 3. The van der Waals surface area contributed by atoms with Gasteiger partial charge in [0.25, 0.3) is 6.43 Å². The van der Waals surface area contributed by atoms with Gasteiger partial charge in [-0.3, -0.25) is 4.79 Å². The zero-order chi connectivity index (χ0) is 12.3. The van der Waals surface area contributed by atoms with Gasteiger partial charge in [0.15, 0.2) is 0 Å². The number of rotatable bonds is 3. The van der Waals surface area contributed by atoms with Crippen molar-refractivity contribution in [2.24, 2.45) is 0 Å². The molecule has 0 aromatic carbocycles. The second-order valence-electron chi connectivity index (χ2n) is 2.97. The fourth-order valence-electron chi connectivity index (χ4n) is 1.12. The summed E-state index contributed by atoms with van der Waals surface area (Å²) in [6, 6.07) is 0.959. The number of hydrogen-bond acceptors (Lipinski definition) is 4. The van der Waals surface area contributed by atoms with Crippen LogP contribution in [0.25, 0.3) is 0 Å². The van der Waals surface area contributed by atoms with Crippen molar-refractivity contribution in [1.29, 1.82) is 0 Å². The highest BCUT2D eigenvalue weighted by atomic mass is 19.3. The first-order valence-electron chi connectivity index (χ1n) is 4.25. The van der Waals surface area contributed by atoms with E-state index in [2.05, 4.69) is 9.72 Å². The number of alkyl halides is 2. The van der Waals surface area contributed by atoms with Crippen molar-refractivity contribution in [3.63, 3.8) is 0 Å². The summed E-state index contributed by atoms with van der Waals surface area (Å²) in [5.74, 6) is -1.90. The molecular weight excluding hydrogens is 225 g/mol. The molecule has 4 nitrogen and oxygen atoms in total. The Labute approximate surface area is 89.2 Å². The molecule has 0 amide bonds. The van der Waals surface area contributed by atoms with Crippen LogP contribution in [0.3, 0.4) is 0 Å². The van der Waals surface area contributed by atoms with Crippen LogP contribution < -0.4 is 5.73 Å². The standard InChI is InChI=1S/C9H9F3N2O2/c1-16-6(15)3-4-2-5(13)9(12)14-7(4)8(10)11/h2,8H,3,13H2,1H3. The van der Waals surface area contributed by atoms with Crippen LogP contribution in [0.1, 0.15) is 17.7 Å². The van der Waals surface area contributed by atoms with Crippen LogP contribution in [0.5, 0.6) is 0 Å². The molecule has 1 aromatic heterocycles. The summed E-state index contributed by atoms with van der Waals surface area (Å²) in [6.45, 7) is 0. The summed E-state index contributed by atoms with van der Waals surface area (Å²) in [4.78, 5) is 13.9. The van der Waals surface area contributed by atoms with Gasteiger partial charge in [-0.05, 0) is 11.6 Å². The van der Waals surface area contributed by atoms with Gasteiger partial charge in [0, 0.05) is 0 Å². The smallest absolute Gasteiger partial charge is 0.310 e. The van der Waals surface area contributed by atoms with E-state index in [1.807, 2.05) is 0 Å². The third-order valence-corrected chi connectivity index (χ3v) is 1.88. The Morgan fingerprint density at radius 3 is 2.75 bits per heavy atom. The molecule has 0 radical (unpaired) electrons. The van der Waals surface area contributed by atoms with Crippen LogP contribution in [-0.2, 0) is 16.0 Å². The number of esters is 1. The van der Waals surface area contributed by atoms with Crippen molar-refractivity contribution in [3.05, 3.63) is 23.3 Å². The summed E-state index contributed by atoms with van der Waals surface area (Å²) in [5.41, 5.74) is 3.85. The fourth-order valence-corrected chi connectivity index (χ4v) is 1.12. The number of pyridine rings is 1. The number of carbonyl (C=O) groups excluding carboxylic acids is 1. The molecule has 1 heterocycles. The van der Waals surface area contributed by atoms with Gasteiger partial charge in [-0.1, -0.05) is 0 Å². The first kappa shape index (κ1) is 12.3. The predicted octanol–water partition coefficient (Wildman–Crippen LogP) is 1.46. The van der Waals surface area contributed by atoms with Crippen molar-refractivity contribution in [2.75, 3.05) is 12.8 Å². The minimum atomic E-state index is -2.98. The van der Waals surface area contributed by atoms with Crippen LogP contribution in [0.2, 0.25) is 0 Å². The number of methoxy groups -OCH3 is 1. The van der Waals surface area contributed by atoms with E-state index >= 15 is 0 Å². The molecule has 0 aliphatic carbocycles. The van der Waals surface area contributed by atoms with Crippen molar-refractivity contribution in [2.45, 2.75) is 12.8 Å². The zero-order valence-corrected chi connectivity index (χ0v) is 8.34. The number of aromatic nitrogens is 1. The highest BCUT2D eigenvalue weighted by Crippen LogP contribution is 2.24. The van der Waals surface area contributed by atoms with Crippen LogP contribution in [-0.4, -0.2) is 18.1 Å². The molecular formula is C9H9F3N2O2. The van der Waals surface area contributed by atoms with E-state index in [1.54, 1.807) is 0 Å². The number of anilines is 1. The van der Waals surface area contributed by atoms with E-state index in [0.29, 0.717) is 0 Å². The van der Waals surface area contributed by atoms with Crippen LogP contribution in [0.4, 0.5) is 18.9 Å². The molecule has 0 unspecified atom stereocenters. The molecule has 0 atom stereocenters. The number of ether oxygens (including phenoxy) is 1. The SMILES string of the molecule is COC(=O)Cc1cc(N)c(F)nc1C(F)F. The van der Waals surface area contributed by atoms with E-state index in [1.165, 1.54) is 0 Å². The molecule has 0 fully saturated rings. The predicted molar refractivity (Wildman–Crippen MR) is 49.3 cm³/mol. The number of nitrogen functional groups attached to an aromatic ring is 1. The van der Waals surface area contributed by atoms with Gasteiger partial charge in [0.2, 0.25) is 5.95 Å². The first-order valence-corrected chi connectivity index (χ1v) is 4.25. The topological polar surface area (TPSA) is 65.2 Å². The maximum atomic E-state index is 12.9. The van der Waals surface area contributed by atoms with Crippen LogP contribution in [0.15, 0.2) is 6.07 Å². The van der Waals surface area contributed by atoms with Crippen LogP contribution >= 0.6 is 0 Å². The molecule has 0 spiro atoms. The Morgan fingerprint density at radius 1 is 1.62 bits per heavy atom. The van der Waals surface area contributed by atoms with Crippen molar-refractivity contribution in [1.82, 2.24) is 4.98 Å². The maximum absolute atomic E-state index is 12.9. The minimum absolute atomic E-state index is 0.138. The number of hydrogen-bond donors (Lipinski definition) is 1. The zero-order valence-electron chi connectivity index (χ0n) is 8.34. The number of nitrogens with zero attached hydrogens (tertiary/aromatic N) is 1. The summed E-state index contributed by atoms with van der Waals surface area (Å²) < 4.78 is 42.1. The highest BCUT2D eigenvalue weighted by Gasteiger charge is 2.20. The van der Waals surface area contributed by atoms with Crippen molar-refractivity contribution >= 4 is 11.7 Å². The minimum Gasteiger partial charge on any atom is -0.469 e. The van der Waals surface area contributed by atoms with E-state index in [4.69, 9.17) is 5.73 Å². The average Bonchev–Trinajstić information content (AvgIpc) is 2.22.